The van der Waals surface area contributed by atoms with Crippen LogP contribution in [0.5, 0.6) is 0 Å². The van der Waals surface area contributed by atoms with E-state index in [0.29, 0.717) is 24.5 Å². The van der Waals surface area contributed by atoms with Crippen molar-refractivity contribution < 1.29 is 24.6 Å². The molecule has 0 fully saturated rings. The zero-order valence-electron chi connectivity index (χ0n) is 13.0. The molecule has 1 aromatic heterocycles. The van der Waals surface area contributed by atoms with Crippen molar-refractivity contribution in [1.29, 1.82) is 0 Å². The van der Waals surface area contributed by atoms with Crippen molar-refractivity contribution in [3.63, 3.8) is 0 Å². The van der Waals surface area contributed by atoms with E-state index < -0.39 is 11.9 Å². The van der Waals surface area contributed by atoms with Gasteiger partial charge in [0, 0.05) is 37.0 Å². The van der Waals surface area contributed by atoms with Crippen LogP contribution in [0.2, 0.25) is 0 Å². The Morgan fingerprint density at radius 3 is 2.35 bits per heavy atom. The lowest BCUT2D eigenvalue weighted by Crippen LogP contribution is -2.22. The van der Waals surface area contributed by atoms with Crippen molar-refractivity contribution in [2.24, 2.45) is 0 Å². The predicted molar refractivity (Wildman–Crippen MR) is 82.3 cm³/mol. The van der Waals surface area contributed by atoms with Gasteiger partial charge >= 0.3 is 11.9 Å². The third-order valence-corrected chi connectivity index (χ3v) is 2.66. The van der Waals surface area contributed by atoms with Crippen molar-refractivity contribution in [2.75, 3.05) is 17.3 Å². The number of nitrogens with one attached hydrogen (secondary N) is 1. The molecular formula is C14H18N4O5. The van der Waals surface area contributed by atoms with Gasteiger partial charge < -0.3 is 15.5 Å². The van der Waals surface area contributed by atoms with E-state index in [-0.39, 0.29) is 11.9 Å². The summed E-state index contributed by atoms with van der Waals surface area (Å²) < 4.78 is 0. The number of hydrogen-bond acceptors (Lipinski definition) is 6. The summed E-state index contributed by atoms with van der Waals surface area (Å²) in [5.41, 5.74) is 0.900. The first-order valence-corrected chi connectivity index (χ1v) is 6.73. The maximum Gasteiger partial charge on any atom is 0.328 e. The molecule has 0 saturated heterocycles. The number of likely N-dealkylation sites (N-methyl/N-ethyl adjacent to an activating group) is 1. The van der Waals surface area contributed by atoms with Gasteiger partial charge in [-0.25, -0.2) is 14.6 Å². The molecule has 3 N–H and O–H groups in total. The predicted octanol–water partition coefficient (Wildman–Crippen LogP) is 0.528. The number of hydrogen-bond donors (Lipinski definition) is 3. The fourth-order valence-electron chi connectivity index (χ4n) is 1.68. The van der Waals surface area contributed by atoms with Crippen LogP contribution in [-0.4, -0.2) is 51.1 Å². The Kier molecular flexibility index (Phi) is 6.19. The first-order chi connectivity index (χ1) is 10.7. The smallest absolute Gasteiger partial charge is 0.328 e. The SMILES string of the molecule is CC(C)Nc1ncc2c(n1)N(C)C(=O)C2.O=C(O)/C=C\C(=O)O. The first kappa shape index (κ1) is 18.1. The Balaban J connectivity index is 0.000000284. The summed E-state index contributed by atoms with van der Waals surface area (Å²) in [7, 11) is 1.74. The molecule has 0 atom stereocenters. The van der Waals surface area contributed by atoms with Crippen LogP contribution in [0.4, 0.5) is 11.8 Å². The molecule has 0 aliphatic carbocycles. The van der Waals surface area contributed by atoms with Crippen molar-refractivity contribution in [1.82, 2.24) is 9.97 Å². The second-order valence-electron chi connectivity index (χ2n) is 4.98. The lowest BCUT2D eigenvalue weighted by atomic mass is 10.3. The maximum atomic E-state index is 11.4. The quantitative estimate of drug-likeness (QED) is 0.684. The molecule has 1 amide bonds. The van der Waals surface area contributed by atoms with Crippen molar-refractivity contribution in [3.05, 3.63) is 23.9 Å². The monoisotopic (exact) mass is 322 g/mol. The van der Waals surface area contributed by atoms with Crippen LogP contribution < -0.4 is 10.2 Å². The van der Waals surface area contributed by atoms with E-state index >= 15 is 0 Å². The molecule has 0 unspecified atom stereocenters. The average molecular weight is 322 g/mol. The normalized spacial score (nSPS) is 12.9. The molecule has 0 radical (unpaired) electrons. The molecule has 0 saturated carbocycles. The number of carboxylic acid groups (broad SMARTS) is 2. The summed E-state index contributed by atoms with van der Waals surface area (Å²) in [6.07, 6.45) is 3.24. The van der Waals surface area contributed by atoms with Gasteiger partial charge in [-0.2, -0.15) is 4.98 Å². The molecular weight excluding hydrogens is 304 g/mol. The highest BCUT2D eigenvalue weighted by Crippen LogP contribution is 2.25. The lowest BCUT2D eigenvalue weighted by Gasteiger charge is -2.11. The van der Waals surface area contributed by atoms with Gasteiger partial charge in [0.15, 0.2) is 0 Å². The van der Waals surface area contributed by atoms with Crippen LogP contribution in [0, 0.1) is 0 Å². The topological polar surface area (TPSA) is 133 Å². The van der Waals surface area contributed by atoms with Crippen LogP contribution >= 0.6 is 0 Å². The third kappa shape index (κ3) is 5.73. The van der Waals surface area contributed by atoms with Crippen molar-refractivity contribution in [3.8, 4) is 0 Å². The van der Waals surface area contributed by atoms with Gasteiger partial charge in [0.2, 0.25) is 11.9 Å². The Hall–Kier alpha value is -2.97. The largest absolute Gasteiger partial charge is 0.478 e. The molecule has 9 heteroatoms. The number of nitrogens with zero attached hydrogens (tertiary/aromatic N) is 3. The van der Waals surface area contributed by atoms with E-state index in [4.69, 9.17) is 10.2 Å². The molecule has 0 bridgehead atoms. The van der Waals surface area contributed by atoms with Gasteiger partial charge in [0.1, 0.15) is 5.82 Å². The molecule has 2 rings (SSSR count). The highest BCUT2D eigenvalue weighted by Gasteiger charge is 2.26. The molecule has 1 aliphatic heterocycles. The minimum absolute atomic E-state index is 0.0704. The maximum absolute atomic E-state index is 11.4. The minimum Gasteiger partial charge on any atom is -0.478 e. The molecule has 2 heterocycles. The van der Waals surface area contributed by atoms with Gasteiger partial charge in [0.25, 0.3) is 0 Å². The fraction of sp³-hybridized carbons (Fsp3) is 0.357. The number of aliphatic carboxylic acids is 2. The highest BCUT2D eigenvalue weighted by atomic mass is 16.4. The number of rotatable bonds is 4. The van der Waals surface area contributed by atoms with E-state index in [9.17, 15) is 14.4 Å². The zero-order chi connectivity index (χ0) is 17.6. The Morgan fingerprint density at radius 1 is 1.30 bits per heavy atom. The van der Waals surface area contributed by atoms with Crippen molar-refractivity contribution in [2.45, 2.75) is 26.3 Å². The van der Waals surface area contributed by atoms with Gasteiger partial charge in [0.05, 0.1) is 6.42 Å². The molecule has 23 heavy (non-hydrogen) atoms. The number of anilines is 2. The van der Waals surface area contributed by atoms with E-state index in [0.717, 1.165) is 11.4 Å². The molecule has 1 aromatic rings. The number of aromatic nitrogens is 2. The van der Waals surface area contributed by atoms with Crippen molar-refractivity contribution >= 4 is 29.6 Å². The summed E-state index contributed by atoms with van der Waals surface area (Å²) >= 11 is 0. The highest BCUT2D eigenvalue weighted by molar-refractivity contribution is 5.99. The summed E-state index contributed by atoms with van der Waals surface area (Å²) in [6.45, 7) is 4.04. The number of amides is 1. The lowest BCUT2D eigenvalue weighted by molar-refractivity contribution is -0.134. The summed E-state index contributed by atoms with van der Waals surface area (Å²) in [6, 6.07) is 0.283. The number of carbonyl (C=O) groups excluding carboxylic acids is 1. The van der Waals surface area contributed by atoms with Gasteiger partial charge in [-0.3, -0.25) is 9.69 Å². The molecule has 0 aromatic carbocycles. The molecule has 0 spiro atoms. The van der Waals surface area contributed by atoms with Crippen LogP contribution in [0.3, 0.4) is 0 Å². The second kappa shape index (κ2) is 7.87. The van der Waals surface area contributed by atoms with Crippen LogP contribution in [0.1, 0.15) is 19.4 Å². The van der Waals surface area contributed by atoms with E-state index in [1.807, 2.05) is 13.8 Å². The number of carboxylic acids is 2. The van der Waals surface area contributed by atoms with Crippen LogP contribution in [0.15, 0.2) is 18.3 Å². The standard InChI is InChI=1S/C10H14N4O.C4H4O4/c1-6(2)12-10-11-5-7-4-8(15)14(3)9(7)13-10;5-3(6)1-2-4(7)8/h5-6H,4H2,1-3H3,(H,11,12,13);1-2H,(H,5,6)(H,7,8)/b;2-1-. The summed E-state index contributed by atoms with van der Waals surface area (Å²) in [5, 5.41) is 18.7. The summed E-state index contributed by atoms with van der Waals surface area (Å²) in [4.78, 5) is 40.5. The van der Waals surface area contributed by atoms with Gasteiger partial charge in [-0.1, -0.05) is 0 Å². The molecule has 1 aliphatic rings. The van der Waals surface area contributed by atoms with E-state index in [1.54, 1.807) is 18.1 Å². The Labute approximate surface area is 132 Å². The Bertz CT molecular complexity index is 626. The van der Waals surface area contributed by atoms with Gasteiger partial charge in [-0.15, -0.1) is 0 Å². The van der Waals surface area contributed by atoms with E-state index in [1.165, 1.54) is 0 Å². The second-order valence-corrected chi connectivity index (χ2v) is 4.98. The third-order valence-electron chi connectivity index (χ3n) is 2.66. The molecule has 9 nitrogen and oxygen atoms in total. The van der Waals surface area contributed by atoms with Crippen LogP contribution in [-0.2, 0) is 20.8 Å². The zero-order valence-corrected chi connectivity index (χ0v) is 13.0. The number of fused-ring (bicyclic) bond motifs is 1. The van der Waals surface area contributed by atoms with E-state index in [2.05, 4.69) is 15.3 Å². The fourth-order valence-corrected chi connectivity index (χ4v) is 1.68. The van der Waals surface area contributed by atoms with Crippen LogP contribution in [0.25, 0.3) is 0 Å². The average Bonchev–Trinajstić information content (AvgIpc) is 2.72. The number of carbonyl (C=O) groups is 3. The minimum atomic E-state index is -1.26. The Morgan fingerprint density at radius 2 is 1.87 bits per heavy atom. The summed E-state index contributed by atoms with van der Waals surface area (Å²) in [5.74, 6) is -1.15. The van der Waals surface area contributed by atoms with Gasteiger partial charge in [-0.05, 0) is 13.8 Å². The first-order valence-electron chi connectivity index (χ1n) is 6.73. The molecule has 124 valence electrons.